The molecule has 18 aromatic carbocycles. The van der Waals surface area contributed by atoms with Gasteiger partial charge in [-0.05, 0) is 222 Å². The van der Waals surface area contributed by atoms with Crippen LogP contribution in [0.15, 0.2) is 350 Å². The number of hydrogen-bond donors (Lipinski definition) is 0. The Morgan fingerprint density at radius 3 is 1.36 bits per heavy atom. The molecule has 0 atom stereocenters. The van der Waals surface area contributed by atoms with Gasteiger partial charge in [0.25, 0.3) is 0 Å². The highest BCUT2D eigenvalue weighted by Gasteiger charge is 2.34. The molecule has 0 amide bonds. The summed E-state index contributed by atoms with van der Waals surface area (Å²) in [6, 6.07) is 123. The fraction of sp³-hybridized carbons (Fsp3) is 0.0980. The van der Waals surface area contributed by atoms with Crippen molar-refractivity contribution in [2.45, 2.75) is 67.7 Å². The first-order chi connectivity index (χ1) is 50.7. The first-order valence-electron chi connectivity index (χ1n) is 36.2. The number of benzene rings is 18. The van der Waals surface area contributed by atoms with Gasteiger partial charge < -0.3 is 4.42 Å². The van der Waals surface area contributed by atoms with Gasteiger partial charge in [-0.2, -0.15) is 0 Å². The maximum atomic E-state index is 5.73. The van der Waals surface area contributed by atoms with E-state index in [1.165, 1.54) is 178 Å². The number of aryl methyl sites for hydroxylation is 7. The highest BCUT2D eigenvalue weighted by atomic mass is 32.1. The van der Waals surface area contributed by atoms with E-state index in [0.29, 0.717) is 0 Å². The lowest BCUT2D eigenvalue weighted by Crippen LogP contribution is -2.14. The third-order valence-corrected chi connectivity index (χ3v) is 21.9. The van der Waals surface area contributed by atoms with Crippen molar-refractivity contribution in [3.05, 3.63) is 396 Å². The molecule has 0 aliphatic heterocycles. The Morgan fingerprint density at radius 2 is 0.644 bits per heavy atom. The van der Waals surface area contributed by atoms with Gasteiger partial charge in [0.2, 0.25) is 0 Å². The van der Waals surface area contributed by atoms with E-state index in [2.05, 4.69) is 378 Å². The smallest absolute Gasteiger partial charge is 0.135 e. The van der Waals surface area contributed by atoms with Crippen molar-refractivity contribution < 1.29 is 4.42 Å². The Balaban J connectivity index is 0.0000000977. The topological polar surface area (TPSA) is 13.1 Å². The molecular formula is C102H84OS. The van der Waals surface area contributed by atoms with Gasteiger partial charge in [0.05, 0.1) is 0 Å². The zero-order valence-electron chi connectivity index (χ0n) is 60.7. The molecular weight excluding hydrogens is 1270 g/mol. The van der Waals surface area contributed by atoms with Crippen molar-refractivity contribution in [1.82, 2.24) is 0 Å². The van der Waals surface area contributed by atoms with Crippen LogP contribution in [0.3, 0.4) is 0 Å². The van der Waals surface area contributed by atoms with E-state index in [-0.39, 0.29) is 5.41 Å². The minimum Gasteiger partial charge on any atom is -0.456 e. The maximum Gasteiger partial charge on any atom is 0.135 e. The van der Waals surface area contributed by atoms with Crippen LogP contribution in [0.5, 0.6) is 0 Å². The molecule has 1 aliphatic carbocycles. The molecule has 504 valence electrons. The number of hydrogen-bond acceptors (Lipinski definition) is 2. The SMILES string of the molecule is Cc1c2ccccc2cc2ccccc12.Cc1ccc2c(c1)-c1ccccc1C2(C)C.Cc1ccc2c(ccc3ccccc32)c1.Cc1ccc2ccc3ccccc3c2c1.Cc1cccc2cc3ccccc3cc12.Cc1cccc2oc3ccccc3c12.Cc1cccc2sc3ccccc3c12. The summed E-state index contributed by atoms with van der Waals surface area (Å²) >= 11 is 1.88. The molecule has 0 unspecified atom stereocenters. The van der Waals surface area contributed by atoms with E-state index in [0.717, 1.165) is 11.2 Å². The summed E-state index contributed by atoms with van der Waals surface area (Å²) in [5.74, 6) is 0. The lowest BCUT2D eigenvalue weighted by atomic mass is 9.82. The van der Waals surface area contributed by atoms with Gasteiger partial charge in [0, 0.05) is 36.4 Å². The molecule has 0 N–H and O–H groups in total. The Hall–Kier alpha value is -11.9. The number of rotatable bonds is 0. The molecule has 1 aliphatic rings. The van der Waals surface area contributed by atoms with Crippen LogP contribution in [0.4, 0.5) is 0 Å². The molecule has 0 spiro atoms. The lowest BCUT2D eigenvalue weighted by Gasteiger charge is -2.21. The number of thiophene rings is 1. The number of para-hydroxylation sites is 1. The number of fused-ring (bicyclic) bond motifs is 19. The van der Waals surface area contributed by atoms with Gasteiger partial charge in [-0.1, -0.05) is 334 Å². The van der Waals surface area contributed by atoms with E-state index >= 15 is 0 Å². The molecule has 2 aromatic heterocycles. The summed E-state index contributed by atoms with van der Waals surface area (Å²) in [5, 5.41) is 26.6. The van der Waals surface area contributed by atoms with Crippen LogP contribution in [0.2, 0.25) is 0 Å². The molecule has 2 heterocycles. The summed E-state index contributed by atoms with van der Waals surface area (Å²) in [6.45, 7) is 19.7. The van der Waals surface area contributed by atoms with Crippen LogP contribution in [-0.4, -0.2) is 0 Å². The monoisotopic (exact) mass is 1360 g/mol. The standard InChI is InChI=1S/C16H16.4C15H12.C13H10O.C13H10S/c1-11-8-9-15-13(10-11)12-6-4-5-7-14(12)16(15,2)3;1-11-14-8-4-2-6-12(14)10-13-7-3-5-9-15(11)13;1-11-5-4-8-14-9-12-6-2-3-7-13(12)10-15(11)14;1-11-6-9-15-13(10-11)8-7-12-4-2-3-5-14(12)15;1-11-6-7-13-9-8-12-4-2-3-5-14(12)15(13)10-11;2*1-9-5-4-8-12-13(9)10-6-2-3-7-11(10)14-12/h4-10H,1-3H3;4*2-10H,1H3;2*2-8H,1H3. The molecule has 0 radical (unpaired) electrons. The molecule has 0 bridgehead atoms. The Kier molecular flexibility index (Phi) is 19.3. The van der Waals surface area contributed by atoms with Crippen LogP contribution in [0, 0.1) is 48.5 Å². The summed E-state index contributed by atoms with van der Waals surface area (Å²) in [5.41, 5.74) is 17.2. The maximum absolute atomic E-state index is 5.73. The van der Waals surface area contributed by atoms with E-state index in [4.69, 9.17) is 4.42 Å². The van der Waals surface area contributed by atoms with Crippen LogP contribution >= 0.6 is 11.3 Å². The van der Waals surface area contributed by atoms with Gasteiger partial charge in [-0.25, -0.2) is 0 Å². The normalized spacial score (nSPS) is 11.8. The summed E-state index contributed by atoms with van der Waals surface area (Å²) in [7, 11) is 0. The van der Waals surface area contributed by atoms with Gasteiger partial charge in [0.15, 0.2) is 0 Å². The quantitative estimate of drug-likeness (QED) is 0.109. The fourth-order valence-corrected chi connectivity index (χ4v) is 16.5. The van der Waals surface area contributed by atoms with Gasteiger partial charge in [-0.15, -0.1) is 11.3 Å². The highest BCUT2D eigenvalue weighted by Crippen LogP contribution is 2.49. The third-order valence-electron chi connectivity index (χ3n) is 20.8. The molecule has 21 rings (SSSR count). The zero-order chi connectivity index (χ0) is 71.4. The van der Waals surface area contributed by atoms with Crippen LogP contribution in [0.25, 0.3) is 139 Å². The van der Waals surface area contributed by atoms with Crippen molar-refractivity contribution in [1.29, 1.82) is 0 Å². The predicted octanol–water partition coefficient (Wildman–Crippen LogP) is 29.8. The summed E-state index contributed by atoms with van der Waals surface area (Å²) < 4.78 is 8.51. The molecule has 104 heavy (non-hydrogen) atoms. The second-order valence-electron chi connectivity index (χ2n) is 28.3. The fourth-order valence-electron chi connectivity index (χ4n) is 15.4. The van der Waals surface area contributed by atoms with E-state index < -0.39 is 0 Å². The Labute approximate surface area is 614 Å². The predicted molar refractivity (Wildman–Crippen MR) is 456 cm³/mol. The van der Waals surface area contributed by atoms with Crippen LogP contribution in [0.1, 0.15) is 63.9 Å². The van der Waals surface area contributed by atoms with Crippen molar-refractivity contribution in [3.8, 4) is 11.1 Å². The van der Waals surface area contributed by atoms with Gasteiger partial charge in [-0.3, -0.25) is 0 Å². The van der Waals surface area contributed by atoms with Crippen molar-refractivity contribution in [3.63, 3.8) is 0 Å². The van der Waals surface area contributed by atoms with Crippen molar-refractivity contribution in [2.75, 3.05) is 0 Å². The first-order valence-corrected chi connectivity index (χ1v) is 37.0. The molecule has 0 saturated carbocycles. The van der Waals surface area contributed by atoms with Crippen molar-refractivity contribution >= 4 is 140 Å². The largest absolute Gasteiger partial charge is 0.456 e. The molecule has 20 aromatic rings. The second-order valence-corrected chi connectivity index (χ2v) is 29.4. The lowest BCUT2D eigenvalue weighted by molar-refractivity contribution is 0.660. The molecule has 0 fully saturated rings. The zero-order valence-corrected chi connectivity index (χ0v) is 61.5. The van der Waals surface area contributed by atoms with Crippen LogP contribution in [-0.2, 0) is 5.41 Å². The van der Waals surface area contributed by atoms with Crippen molar-refractivity contribution in [2.24, 2.45) is 0 Å². The summed E-state index contributed by atoms with van der Waals surface area (Å²) in [4.78, 5) is 0. The number of furan rings is 1. The highest BCUT2D eigenvalue weighted by molar-refractivity contribution is 7.25. The molecule has 0 saturated heterocycles. The van der Waals surface area contributed by atoms with Gasteiger partial charge >= 0.3 is 0 Å². The third kappa shape index (κ3) is 13.9. The van der Waals surface area contributed by atoms with E-state index in [9.17, 15) is 0 Å². The minimum absolute atomic E-state index is 0.152. The van der Waals surface area contributed by atoms with Gasteiger partial charge in [0.1, 0.15) is 11.2 Å². The van der Waals surface area contributed by atoms with E-state index in [1.54, 1.807) is 0 Å². The average molecular weight is 1360 g/mol. The Bertz CT molecular complexity index is 6360. The second kappa shape index (κ2) is 29.6. The van der Waals surface area contributed by atoms with E-state index in [1.807, 2.05) is 41.7 Å². The average Bonchev–Trinajstić information content (AvgIpc) is 1.57. The molecule has 2 heteroatoms. The Morgan fingerprint density at radius 1 is 0.231 bits per heavy atom. The molecule has 1 nitrogen and oxygen atoms in total. The summed E-state index contributed by atoms with van der Waals surface area (Å²) in [6.07, 6.45) is 0. The minimum atomic E-state index is 0.152. The first kappa shape index (κ1) is 67.9. The van der Waals surface area contributed by atoms with Crippen LogP contribution < -0.4 is 0 Å².